The van der Waals surface area contributed by atoms with Gasteiger partial charge in [-0.25, -0.2) is 0 Å². The van der Waals surface area contributed by atoms with Gasteiger partial charge in [-0.3, -0.25) is 4.79 Å². The predicted octanol–water partition coefficient (Wildman–Crippen LogP) is 5.41. The van der Waals surface area contributed by atoms with E-state index in [1.807, 2.05) is 6.07 Å². The van der Waals surface area contributed by atoms with Crippen molar-refractivity contribution in [2.24, 2.45) is 5.92 Å². The van der Waals surface area contributed by atoms with Gasteiger partial charge in [0.15, 0.2) is 0 Å². The highest BCUT2D eigenvalue weighted by Gasteiger charge is 2.25. The van der Waals surface area contributed by atoms with Crippen LogP contribution in [0.15, 0.2) is 54.6 Å². The van der Waals surface area contributed by atoms with E-state index >= 15 is 0 Å². The average Bonchev–Trinajstić information content (AvgIpc) is 2.65. The molecule has 2 nitrogen and oxygen atoms in total. The van der Waals surface area contributed by atoms with Crippen LogP contribution >= 0.6 is 0 Å². The predicted molar refractivity (Wildman–Crippen MR) is 97.7 cm³/mol. The molecule has 0 aliphatic heterocycles. The molecule has 2 aromatic rings. The van der Waals surface area contributed by atoms with Crippen LogP contribution in [0.1, 0.15) is 44.1 Å². The molecule has 3 rings (SSSR count). The van der Waals surface area contributed by atoms with Crippen molar-refractivity contribution < 1.29 is 9.53 Å². The first-order chi connectivity index (χ1) is 11.9. The monoisotopic (exact) mass is 322 g/mol. The number of benzene rings is 2. The molecule has 0 amide bonds. The zero-order chi connectivity index (χ0) is 16.6. The van der Waals surface area contributed by atoms with Crippen LogP contribution in [0.2, 0.25) is 0 Å². The van der Waals surface area contributed by atoms with E-state index in [-0.39, 0.29) is 6.10 Å². The fourth-order valence-corrected chi connectivity index (χ4v) is 3.82. The van der Waals surface area contributed by atoms with Gasteiger partial charge in [-0.15, -0.1) is 0 Å². The van der Waals surface area contributed by atoms with Gasteiger partial charge in [0.05, 0.1) is 0 Å². The highest BCUT2D eigenvalue weighted by atomic mass is 16.5. The summed E-state index contributed by atoms with van der Waals surface area (Å²) in [6.07, 6.45) is 8.26. The van der Waals surface area contributed by atoms with E-state index in [1.54, 1.807) is 0 Å². The summed E-state index contributed by atoms with van der Waals surface area (Å²) in [4.78, 5) is 10.6. The first kappa shape index (κ1) is 16.8. The molecule has 1 saturated carbocycles. The molecule has 0 bridgehead atoms. The molecule has 2 unspecified atom stereocenters. The van der Waals surface area contributed by atoms with Crippen molar-refractivity contribution >= 4 is 6.47 Å². The second kappa shape index (κ2) is 8.68. The van der Waals surface area contributed by atoms with Crippen molar-refractivity contribution in [2.75, 3.05) is 0 Å². The van der Waals surface area contributed by atoms with Crippen LogP contribution < -0.4 is 0 Å². The van der Waals surface area contributed by atoms with Gasteiger partial charge >= 0.3 is 0 Å². The van der Waals surface area contributed by atoms with Gasteiger partial charge in [0, 0.05) is 0 Å². The van der Waals surface area contributed by atoms with Gasteiger partial charge in [0.1, 0.15) is 6.10 Å². The topological polar surface area (TPSA) is 26.3 Å². The summed E-state index contributed by atoms with van der Waals surface area (Å²) in [6, 6.07) is 19.4. The van der Waals surface area contributed by atoms with Gasteiger partial charge in [-0.05, 0) is 61.1 Å². The van der Waals surface area contributed by atoms with Crippen molar-refractivity contribution in [1.82, 2.24) is 0 Å². The molecule has 0 heterocycles. The maximum absolute atomic E-state index is 10.6. The Balaban J connectivity index is 1.50. The van der Waals surface area contributed by atoms with Crippen LogP contribution in [0.25, 0.3) is 11.1 Å². The summed E-state index contributed by atoms with van der Waals surface area (Å²) < 4.78 is 5.28. The minimum absolute atomic E-state index is 0.150. The minimum Gasteiger partial charge on any atom is -0.464 e. The number of rotatable bonds is 7. The lowest BCUT2D eigenvalue weighted by Crippen LogP contribution is -2.27. The Labute approximate surface area is 144 Å². The zero-order valence-corrected chi connectivity index (χ0v) is 14.2. The first-order valence-electron chi connectivity index (χ1n) is 9.10. The highest BCUT2D eigenvalue weighted by Crippen LogP contribution is 2.30. The molecule has 1 fully saturated rings. The van der Waals surface area contributed by atoms with Crippen LogP contribution in [0.5, 0.6) is 0 Å². The molecular formula is C22H26O2. The number of ether oxygens (including phenoxy) is 1. The Morgan fingerprint density at radius 3 is 2.38 bits per heavy atom. The van der Waals surface area contributed by atoms with Crippen molar-refractivity contribution in [3.8, 4) is 11.1 Å². The number of hydrogen-bond acceptors (Lipinski definition) is 2. The molecule has 24 heavy (non-hydrogen) atoms. The van der Waals surface area contributed by atoms with E-state index in [4.69, 9.17) is 4.74 Å². The lowest BCUT2D eigenvalue weighted by molar-refractivity contribution is -0.138. The Bertz CT molecular complexity index is 618. The summed E-state index contributed by atoms with van der Waals surface area (Å²) in [5, 5.41) is 0. The van der Waals surface area contributed by atoms with E-state index in [1.165, 1.54) is 36.0 Å². The SMILES string of the molecule is O=COC1CCCCC1CCCc1ccc(-c2ccccc2)cc1. The molecule has 0 aromatic heterocycles. The third-order valence-electron chi connectivity index (χ3n) is 5.17. The summed E-state index contributed by atoms with van der Waals surface area (Å²) in [7, 11) is 0. The van der Waals surface area contributed by atoms with E-state index in [2.05, 4.69) is 48.5 Å². The molecule has 1 aliphatic rings. The molecule has 2 heteroatoms. The molecule has 0 saturated heterocycles. The first-order valence-corrected chi connectivity index (χ1v) is 9.10. The van der Waals surface area contributed by atoms with Gasteiger partial charge in [0.2, 0.25) is 0 Å². The van der Waals surface area contributed by atoms with Gasteiger partial charge < -0.3 is 4.74 Å². The third-order valence-corrected chi connectivity index (χ3v) is 5.17. The second-order valence-electron chi connectivity index (χ2n) is 6.77. The fourth-order valence-electron chi connectivity index (χ4n) is 3.82. The van der Waals surface area contributed by atoms with Crippen molar-refractivity contribution in [3.63, 3.8) is 0 Å². The molecule has 1 aliphatic carbocycles. The maximum Gasteiger partial charge on any atom is 0.293 e. The third kappa shape index (κ3) is 4.47. The van der Waals surface area contributed by atoms with Crippen LogP contribution in [0.4, 0.5) is 0 Å². The van der Waals surface area contributed by atoms with E-state index in [0.29, 0.717) is 12.4 Å². The smallest absolute Gasteiger partial charge is 0.293 e. The lowest BCUT2D eigenvalue weighted by atomic mass is 9.83. The largest absolute Gasteiger partial charge is 0.464 e. The molecule has 2 aromatic carbocycles. The summed E-state index contributed by atoms with van der Waals surface area (Å²) >= 11 is 0. The molecule has 0 spiro atoms. The van der Waals surface area contributed by atoms with Gasteiger partial charge in [-0.2, -0.15) is 0 Å². The van der Waals surface area contributed by atoms with Crippen LogP contribution in [0.3, 0.4) is 0 Å². The normalized spacial score (nSPS) is 20.5. The molecule has 2 atom stereocenters. The standard InChI is InChI=1S/C22H26O2/c23-17-24-22-12-5-4-10-21(22)11-6-7-18-13-15-20(16-14-18)19-8-2-1-3-9-19/h1-3,8-9,13-17,21-22H,4-7,10-12H2. The Hall–Kier alpha value is -2.09. The molecule has 0 radical (unpaired) electrons. The zero-order valence-electron chi connectivity index (χ0n) is 14.2. The fraction of sp³-hybridized carbons (Fsp3) is 0.409. The van der Waals surface area contributed by atoms with Gasteiger partial charge in [0.25, 0.3) is 6.47 Å². The van der Waals surface area contributed by atoms with E-state index in [9.17, 15) is 4.79 Å². The number of carbonyl (C=O) groups is 1. The van der Waals surface area contributed by atoms with Crippen molar-refractivity contribution in [3.05, 3.63) is 60.2 Å². The lowest BCUT2D eigenvalue weighted by Gasteiger charge is -2.29. The highest BCUT2D eigenvalue weighted by molar-refractivity contribution is 5.63. The molecule has 0 N–H and O–H groups in total. The van der Waals surface area contributed by atoms with Gasteiger partial charge in [-0.1, -0.05) is 61.0 Å². The quantitative estimate of drug-likeness (QED) is 0.637. The van der Waals surface area contributed by atoms with Crippen LogP contribution in [-0.2, 0) is 16.0 Å². The van der Waals surface area contributed by atoms with Crippen LogP contribution in [0, 0.1) is 5.92 Å². The van der Waals surface area contributed by atoms with Crippen LogP contribution in [-0.4, -0.2) is 12.6 Å². The Morgan fingerprint density at radius 2 is 1.62 bits per heavy atom. The Kier molecular flexibility index (Phi) is 6.06. The number of carbonyl (C=O) groups excluding carboxylic acids is 1. The maximum atomic E-state index is 10.6. The van der Waals surface area contributed by atoms with Crippen molar-refractivity contribution in [1.29, 1.82) is 0 Å². The van der Waals surface area contributed by atoms with E-state index < -0.39 is 0 Å². The Morgan fingerprint density at radius 1 is 0.917 bits per heavy atom. The summed E-state index contributed by atoms with van der Waals surface area (Å²) in [5.74, 6) is 0.549. The number of hydrogen-bond donors (Lipinski definition) is 0. The second-order valence-corrected chi connectivity index (χ2v) is 6.77. The summed E-state index contributed by atoms with van der Waals surface area (Å²) in [6.45, 7) is 0.630. The average molecular weight is 322 g/mol. The number of aryl methyl sites for hydroxylation is 1. The van der Waals surface area contributed by atoms with Crippen molar-refractivity contribution in [2.45, 2.75) is 51.0 Å². The molecular weight excluding hydrogens is 296 g/mol. The minimum atomic E-state index is 0.150. The van der Waals surface area contributed by atoms with E-state index in [0.717, 1.165) is 25.7 Å². The summed E-state index contributed by atoms with van der Waals surface area (Å²) in [5.41, 5.74) is 3.92. The molecule has 126 valence electrons.